The number of methoxy groups -OCH3 is 1. The van der Waals surface area contributed by atoms with Crippen LogP contribution in [-0.2, 0) is 0 Å². The summed E-state index contributed by atoms with van der Waals surface area (Å²) < 4.78 is 5.22. The number of aryl methyl sites for hydroxylation is 2. The van der Waals surface area contributed by atoms with Gasteiger partial charge < -0.3 is 26.0 Å². The van der Waals surface area contributed by atoms with Crippen LogP contribution in [0, 0.1) is 13.8 Å². The predicted octanol–water partition coefficient (Wildman–Crippen LogP) is 4.13. The van der Waals surface area contributed by atoms with Gasteiger partial charge in [-0.15, -0.1) is 0 Å². The number of anilines is 4. The van der Waals surface area contributed by atoms with Crippen LogP contribution in [0.25, 0.3) is 0 Å². The molecule has 1 aromatic carbocycles. The van der Waals surface area contributed by atoms with E-state index in [2.05, 4.69) is 36.2 Å². The first-order chi connectivity index (χ1) is 14.9. The minimum absolute atomic E-state index is 0.367. The van der Waals surface area contributed by atoms with Gasteiger partial charge in [0.1, 0.15) is 29.0 Å². The molecule has 2 heterocycles. The fourth-order valence-electron chi connectivity index (χ4n) is 2.77. The van der Waals surface area contributed by atoms with E-state index in [1.54, 1.807) is 30.5 Å². The fraction of sp³-hybridized carbons (Fsp3) is 0.238. The van der Waals surface area contributed by atoms with E-state index in [1.165, 1.54) is 7.11 Å². The highest BCUT2D eigenvalue weighted by atomic mass is 35.5. The van der Waals surface area contributed by atoms with Gasteiger partial charge in [0.25, 0.3) is 0 Å². The topological polar surface area (TPSA) is 113 Å². The summed E-state index contributed by atoms with van der Waals surface area (Å²) in [5.41, 5.74) is 1.59. The van der Waals surface area contributed by atoms with Gasteiger partial charge in [0.05, 0.1) is 12.8 Å². The molecule has 0 unspecified atom stereocenters. The molecule has 0 fully saturated rings. The van der Waals surface area contributed by atoms with Crippen LogP contribution in [0.1, 0.15) is 11.4 Å². The van der Waals surface area contributed by atoms with Gasteiger partial charge in [0, 0.05) is 30.4 Å². The van der Waals surface area contributed by atoms with Gasteiger partial charge >= 0.3 is 6.03 Å². The summed E-state index contributed by atoms with van der Waals surface area (Å²) in [6, 6.07) is 10.3. The smallest absolute Gasteiger partial charge is 0.319 e. The summed E-state index contributed by atoms with van der Waals surface area (Å²) in [5, 5.41) is 12.3. The van der Waals surface area contributed by atoms with Crippen molar-refractivity contribution in [2.75, 3.05) is 36.1 Å². The van der Waals surface area contributed by atoms with E-state index >= 15 is 0 Å². The van der Waals surface area contributed by atoms with Crippen LogP contribution in [0.15, 0.2) is 42.6 Å². The molecule has 162 valence electrons. The summed E-state index contributed by atoms with van der Waals surface area (Å²) in [4.78, 5) is 25.2. The summed E-state index contributed by atoms with van der Waals surface area (Å²) in [6.45, 7) is 4.65. The van der Waals surface area contributed by atoms with Crippen molar-refractivity contribution in [1.82, 2.24) is 20.3 Å². The maximum absolute atomic E-state index is 12.2. The van der Waals surface area contributed by atoms with Crippen LogP contribution in [0.4, 0.5) is 27.9 Å². The summed E-state index contributed by atoms with van der Waals surface area (Å²) in [6.07, 6.45) is 1.74. The Labute approximate surface area is 185 Å². The Hall–Kier alpha value is -3.59. The second-order valence-corrected chi connectivity index (χ2v) is 7.12. The molecule has 3 aromatic rings. The second-order valence-electron chi connectivity index (χ2n) is 6.68. The molecule has 0 saturated heterocycles. The highest BCUT2D eigenvalue weighted by Gasteiger charge is 2.08. The van der Waals surface area contributed by atoms with Crippen LogP contribution in [-0.4, -0.2) is 41.2 Å². The third-order valence-corrected chi connectivity index (χ3v) is 4.37. The van der Waals surface area contributed by atoms with Crippen LogP contribution < -0.4 is 26.0 Å². The number of pyridine rings is 1. The largest absolute Gasteiger partial charge is 0.495 e. The molecule has 10 heteroatoms. The van der Waals surface area contributed by atoms with Crippen molar-refractivity contribution in [3.05, 3.63) is 59.0 Å². The van der Waals surface area contributed by atoms with E-state index in [9.17, 15) is 4.79 Å². The molecular weight excluding hydrogens is 418 g/mol. The number of hydrogen-bond acceptors (Lipinski definition) is 7. The molecule has 2 aromatic heterocycles. The third-order valence-electron chi connectivity index (χ3n) is 4.14. The Morgan fingerprint density at radius 2 is 1.84 bits per heavy atom. The summed E-state index contributed by atoms with van der Waals surface area (Å²) in [7, 11) is 1.53. The number of benzene rings is 1. The molecule has 2 amide bonds. The van der Waals surface area contributed by atoms with Gasteiger partial charge in [-0.05, 0) is 49.7 Å². The third kappa shape index (κ3) is 6.71. The van der Waals surface area contributed by atoms with Crippen molar-refractivity contribution in [2.24, 2.45) is 0 Å². The van der Waals surface area contributed by atoms with E-state index in [-0.39, 0.29) is 6.03 Å². The number of amides is 2. The Bertz CT molecular complexity index is 1060. The lowest BCUT2D eigenvalue weighted by Crippen LogP contribution is -2.32. The zero-order valence-corrected chi connectivity index (χ0v) is 18.2. The molecule has 0 aliphatic heterocycles. The first-order valence-electron chi connectivity index (χ1n) is 9.60. The van der Waals surface area contributed by atoms with E-state index < -0.39 is 0 Å². The molecule has 0 aliphatic carbocycles. The number of nitrogens with zero attached hydrogens (tertiary/aromatic N) is 3. The lowest BCUT2D eigenvalue weighted by Gasteiger charge is -2.12. The van der Waals surface area contributed by atoms with Crippen LogP contribution in [0.2, 0.25) is 5.02 Å². The number of carbonyl (C=O) groups is 1. The normalized spacial score (nSPS) is 10.3. The molecule has 0 bridgehead atoms. The van der Waals surface area contributed by atoms with E-state index in [4.69, 9.17) is 16.3 Å². The van der Waals surface area contributed by atoms with Crippen molar-refractivity contribution < 1.29 is 9.53 Å². The monoisotopic (exact) mass is 441 g/mol. The number of rotatable bonds is 8. The van der Waals surface area contributed by atoms with Crippen LogP contribution in [0.5, 0.6) is 5.75 Å². The number of ether oxygens (including phenoxy) is 1. The van der Waals surface area contributed by atoms with E-state index in [0.29, 0.717) is 52.8 Å². The lowest BCUT2D eigenvalue weighted by atomic mass is 10.3. The number of aromatic nitrogens is 3. The average molecular weight is 442 g/mol. The predicted molar refractivity (Wildman–Crippen MR) is 123 cm³/mol. The molecule has 0 saturated carbocycles. The number of halogens is 1. The standard InChI is InChI=1S/C21H24ClN7O2/c1-13-6-7-23-18(10-13)29-20-12-19(26-14(2)27-20)24-8-9-25-21(30)28-16-11-15(22)4-5-17(16)31-3/h4-7,10-12H,8-9H2,1-3H3,(H2,25,28,30)(H2,23,24,26,27,29). The fourth-order valence-corrected chi connectivity index (χ4v) is 2.94. The second kappa shape index (κ2) is 10.4. The van der Waals surface area contributed by atoms with Crippen molar-refractivity contribution in [2.45, 2.75) is 13.8 Å². The van der Waals surface area contributed by atoms with Crippen molar-refractivity contribution >= 4 is 40.8 Å². The molecule has 4 N–H and O–H groups in total. The molecule has 0 radical (unpaired) electrons. The van der Waals surface area contributed by atoms with Gasteiger partial charge in [0.15, 0.2) is 0 Å². The van der Waals surface area contributed by atoms with Crippen molar-refractivity contribution in [1.29, 1.82) is 0 Å². The highest BCUT2D eigenvalue weighted by molar-refractivity contribution is 6.31. The number of hydrogen-bond donors (Lipinski definition) is 4. The summed E-state index contributed by atoms with van der Waals surface area (Å²) in [5.74, 6) is 3.11. The minimum Gasteiger partial charge on any atom is -0.495 e. The van der Waals surface area contributed by atoms with Gasteiger partial charge in [0.2, 0.25) is 0 Å². The average Bonchev–Trinajstić information content (AvgIpc) is 2.71. The quantitative estimate of drug-likeness (QED) is 0.389. The highest BCUT2D eigenvalue weighted by Crippen LogP contribution is 2.27. The first-order valence-corrected chi connectivity index (χ1v) is 9.98. The van der Waals surface area contributed by atoms with Gasteiger partial charge in [-0.1, -0.05) is 11.6 Å². The Balaban J connectivity index is 1.51. The summed E-state index contributed by atoms with van der Waals surface area (Å²) >= 11 is 5.98. The Morgan fingerprint density at radius 3 is 2.61 bits per heavy atom. The van der Waals surface area contributed by atoms with Gasteiger partial charge in [-0.2, -0.15) is 0 Å². The van der Waals surface area contributed by atoms with Crippen molar-refractivity contribution in [3.63, 3.8) is 0 Å². The maximum Gasteiger partial charge on any atom is 0.319 e. The minimum atomic E-state index is -0.367. The van der Waals surface area contributed by atoms with Crippen LogP contribution >= 0.6 is 11.6 Å². The lowest BCUT2D eigenvalue weighted by molar-refractivity contribution is 0.252. The zero-order valence-electron chi connectivity index (χ0n) is 17.5. The van der Waals surface area contributed by atoms with Crippen molar-refractivity contribution in [3.8, 4) is 5.75 Å². The molecule has 9 nitrogen and oxygen atoms in total. The Morgan fingerprint density at radius 1 is 1.03 bits per heavy atom. The molecule has 31 heavy (non-hydrogen) atoms. The zero-order chi connectivity index (χ0) is 22.2. The first kappa shape index (κ1) is 22.1. The maximum atomic E-state index is 12.2. The number of urea groups is 1. The van der Waals surface area contributed by atoms with Gasteiger partial charge in [-0.3, -0.25) is 0 Å². The SMILES string of the molecule is COc1ccc(Cl)cc1NC(=O)NCCNc1cc(Nc2cc(C)ccn2)nc(C)n1. The van der Waals surface area contributed by atoms with E-state index in [0.717, 1.165) is 5.56 Å². The van der Waals surface area contributed by atoms with Gasteiger partial charge in [-0.25, -0.2) is 19.7 Å². The van der Waals surface area contributed by atoms with Crippen LogP contribution in [0.3, 0.4) is 0 Å². The Kier molecular flexibility index (Phi) is 7.45. The molecule has 3 rings (SSSR count). The number of carbonyl (C=O) groups excluding carboxylic acids is 1. The number of nitrogens with one attached hydrogen (secondary N) is 4. The molecule has 0 spiro atoms. The molecule has 0 atom stereocenters. The molecular formula is C21H24ClN7O2. The molecule has 0 aliphatic rings. The van der Waals surface area contributed by atoms with E-state index in [1.807, 2.05) is 26.0 Å².